The zero-order valence-corrected chi connectivity index (χ0v) is 12.1. The Balaban J connectivity index is 1.70. The largest absolute Gasteiger partial charge is 0.493 e. The molecule has 3 N–H and O–H groups in total. The maximum absolute atomic E-state index is 11.7. The summed E-state index contributed by atoms with van der Waals surface area (Å²) < 4.78 is 5.49. The number of carbonyl (C=O) groups excluding carboxylic acids is 1. The lowest BCUT2D eigenvalue weighted by atomic mass is 10.1. The summed E-state index contributed by atoms with van der Waals surface area (Å²) in [4.78, 5) is 11.7. The summed E-state index contributed by atoms with van der Waals surface area (Å²) >= 11 is 0. The van der Waals surface area contributed by atoms with Crippen LogP contribution in [-0.2, 0) is 11.3 Å². The summed E-state index contributed by atoms with van der Waals surface area (Å²) in [7, 11) is 0. The standard InChI is InChI=1S/C17H20N2O2/c1-13-4-2-5-14(10-13)12-19-17(20)8-9-21-16-7-3-6-15(18)11-16/h2-7,10-11H,8-9,12,18H2,1H3,(H,19,20). The van der Waals surface area contributed by atoms with Crippen LogP contribution in [0.5, 0.6) is 5.75 Å². The number of hydrogen-bond donors (Lipinski definition) is 2. The number of nitrogens with two attached hydrogens (primary N) is 1. The fourth-order valence-corrected chi connectivity index (χ4v) is 1.98. The molecule has 0 aliphatic heterocycles. The highest BCUT2D eigenvalue weighted by molar-refractivity contribution is 5.76. The van der Waals surface area contributed by atoms with Crippen molar-refractivity contribution in [2.24, 2.45) is 0 Å². The molecule has 0 bridgehead atoms. The van der Waals surface area contributed by atoms with Crippen LogP contribution in [0.4, 0.5) is 5.69 Å². The van der Waals surface area contributed by atoms with Crippen LogP contribution < -0.4 is 15.8 Å². The highest BCUT2D eigenvalue weighted by atomic mass is 16.5. The van der Waals surface area contributed by atoms with Crippen molar-refractivity contribution >= 4 is 11.6 Å². The van der Waals surface area contributed by atoms with E-state index in [1.54, 1.807) is 12.1 Å². The molecule has 0 radical (unpaired) electrons. The van der Waals surface area contributed by atoms with Crippen molar-refractivity contribution in [3.8, 4) is 5.75 Å². The molecule has 110 valence electrons. The quantitative estimate of drug-likeness (QED) is 0.802. The van der Waals surface area contributed by atoms with Crippen LogP contribution in [0.1, 0.15) is 17.5 Å². The fourth-order valence-electron chi connectivity index (χ4n) is 1.98. The Morgan fingerprint density at radius 2 is 2.00 bits per heavy atom. The lowest BCUT2D eigenvalue weighted by Crippen LogP contribution is -2.24. The fraction of sp³-hybridized carbons (Fsp3) is 0.235. The monoisotopic (exact) mass is 284 g/mol. The zero-order chi connectivity index (χ0) is 15.1. The SMILES string of the molecule is Cc1cccc(CNC(=O)CCOc2cccc(N)c2)c1. The average Bonchev–Trinajstić information content (AvgIpc) is 2.45. The summed E-state index contributed by atoms with van der Waals surface area (Å²) in [5, 5.41) is 2.88. The van der Waals surface area contributed by atoms with E-state index in [1.165, 1.54) is 5.56 Å². The van der Waals surface area contributed by atoms with Crippen LogP contribution in [0.3, 0.4) is 0 Å². The maximum atomic E-state index is 11.7. The van der Waals surface area contributed by atoms with E-state index in [4.69, 9.17) is 10.5 Å². The van der Waals surface area contributed by atoms with Crippen molar-refractivity contribution in [3.05, 3.63) is 59.7 Å². The third kappa shape index (κ3) is 5.18. The smallest absolute Gasteiger partial charge is 0.223 e. The van der Waals surface area contributed by atoms with Gasteiger partial charge in [0.25, 0.3) is 0 Å². The van der Waals surface area contributed by atoms with Crippen LogP contribution in [-0.4, -0.2) is 12.5 Å². The van der Waals surface area contributed by atoms with E-state index in [0.717, 1.165) is 5.56 Å². The number of carbonyl (C=O) groups is 1. The van der Waals surface area contributed by atoms with Crippen molar-refractivity contribution in [2.45, 2.75) is 19.9 Å². The lowest BCUT2D eigenvalue weighted by Gasteiger charge is -2.08. The normalized spacial score (nSPS) is 10.1. The van der Waals surface area contributed by atoms with Crippen LogP contribution in [0.15, 0.2) is 48.5 Å². The van der Waals surface area contributed by atoms with Gasteiger partial charge >= 0.3 is 0 Å². The Hall–Kier alpha value is -2.49. The van der Waals surface area contributed by atoms with E-state index in [1.807, 2.05) is 37.3 Å². The van der Waals surface area contributed by atoms with Crippen LogP contribution >= 0.6 is 0 Å². The topological polar surface area (TPSA) is 64.3 Å². The molecule has 21 heavy (non-hydrogen) atoms. The Kier molecular flexibility index (Phi) is 5.21. The predicted molar refractivity (Wildman–Crippen MR) is 84.0 cm³/mol. The molecule has 4 nitrogen and oxygen atoms in total. The molecular weight excluding hydrogens is 264 g/mol. The molecule has 2 rings (SSSR count). The highest BCUT2D eigenvalue weighted by Gasteiger charge is 2.02. The number of nitrogen functional groups attached to an aromatic ring is 1. The minimum Gasteiger partial charge on any atom is -0.493 e. The van der Waals surface area contributed by atoms with Crippen molar-refractivity contribution < 1.29 is 9.53 Å². The van der Waals surface area contributed by atoms with E-state index in [-0.39, 0.29) is 5.91 Å². The summed E-state index contributed by atoms with van der Waals surface area (Å²) in [5.74, 6) is 0.655. The van der Waals surface area contributed by atoms with Gasteiger partial charge in [0.15, 0.2) is 0 Å². The molecule has 1 amide bonds. The molecule has 0 atom stereocenters. The number of aryl methyl sites for hydroxylation is 1. The highest BCUT2D eigenvalue weighted by Crippen LogP contribution is 2.14. The molecule has 0 heterocycles. The van der Waals surface area contributed by atoms with E-state index in [0.29, 0.717) is 31.0 Å². The first-order valence-electron chi connectivity index (χ1n) is 6.94. The third-order valence-corrected chi connectivity index (χ3v) is 3.03. The predicted octanol–water partition coefficient (Wildman–Crippen LogP) is 2.66. The van der Waals surface area contributed by atoms with Crippen molar-refractivity contribution in [2.75, 3.05) is 12.3 Å². The Bertz CT molecular complexity index is 611. The maximum Gasteiger partial charge on any atom is 0.223 e. The average molecular weight is 284 g/mol. The van der Waals surface area contributed by atoms with Gasteiger partial charge in [-0.3, -0.25) is 4.79 Å². The van der Waals surface area contributed by atoms with Gasteiger partial charge in [-0.15, -0.1) is 0 Å². The van der Waals surface area contributed by atoms with Gasteiger partial charge < -0.3 is 15.8 Å². The number of amides is 1. The lowest BCUT2D eigenvalue weighted by molar-refractivity contribution is -0.121. The summed E-state index contributed by atoms with van der Waals surface area (Å²) in [5.41, 5.74) is 8.59. The minimum absolute atomic E-state index is 0.0274. The van der Waals surface area contributed by atoms with E-state index >= 15 is 0 Å². The molecule has 2 aromatic carbocycles. The second-order valence-corrected chi connectivity index (χ2v) is 4.94. The molecule has 2 aromatic rings. The molecule has 0 spiro atoms. The molecule has 0 aromatic heterocycles. The van der Waals surface area contributed by atoms with Crippen molar-refractivity contribution in [1.82, 2.24) is 5.32 Å². The molecule has 0 fully saturated rings. The van der Waals surface area contributed by atoms with Crippen LogP contribution in [0.2, 0.25) is 0 Å². The molecule has 4 heteroatoms. The van der Waals surface area contributed by atoms with Gasteiger partial charge in [-0.2, -0.15) is 0 Å². The first kappa shape index (κ1) is 14.9. The summed E-state index contributed by atoms with van der Waals surface area (Å²) in [6.07, 6.45) is 0.320. The molecule has 0 saturated heterocycles. The molecule has 0 saturated carbocycles. The summed E-state index contributed by atoms with van der Waals surface area (Å²) in [6, 6.07) is 15.3. The second kappa shape index (κ2) is 7.33. The van der Waals surface area contributed by atoms with Gasteiger partial charge in [0.05, 0.1) is 13.0 Å². The number of anilines is 1. The van der Waals surface area contributed by atoms with Crippen molar-refractivity contribution in [1.29, 1.82) is 0 Å². The molecule has 0 aliphatic carbocycles. The summed E-state index contributed by atoms with van der Waals surface area (Å²) in [6.45, 7) is 2.91. The zero-order valence-electron chi connectivity index (χ0n) is 12.1. The van der Waals surface area contributed by atoms with Gasteiger partial charge in [0, 0.05) is 18.3 Å². The van der Waals surface area contributed by atoms with Crippen LogP contribution in [0.25, 0.3) is 0 Å². The second-order valence-electron chi connectivity index (χ2n) is 4.94. The van der Waals surface area contributed by atoms with E-state index < -0.39 is 0 Å². The molecule has 0 aliphatic rings. The molecule has 0 unspecified atom stereocenters. The first-order chi connectivity index (χ1) is 10.1. The van der Waals surface area contributed by atoms with Gasteiger partial charge in [0.2, 0.25) is 5.91 Å². The first-order valence-corrected chi connectivity index (χ1v) is 6.94. The molecular formula is C17H20N2O2. The van der Waals surface area contributed by atoms with Gasteiger partial charge in [-0.25, -0.2) is 0 Å². The number of rotatable bonds is 6. The number of nitrogens with one attached hydrogen (secondary N) is 1. The van der Waals surface area contributed by atoms with Gasteiger partial charge in [-0.1, -0.05) is 35.9 Å². The van der Waals surface area contributed by atoms with Crippen LogP contribution in [0, 0.1) is 6.92 Å². The third-order valence-electron chi connectivity index (χ3n) is 3.03. The minimum atomic E-state index is -0.0274. The van der Waals surface area contributed by atoms with E-state index in [9.17, 15) is 4.79 Å². The number of ether oxygens (including phenoxy) is 1. The Morgan fingerprint density at radius 1 is 1.19 bits per heavy atom. The number of benzene rings is 2. The number of hydrogen-bond acceptors (Lipinski definition) is 3. The van der Waals surface area contributed by atoms with Gasteiger partial charge in [-0.05, 0) is 24.6 Å². The Labute approximate surface area is 124 Å². The Morgan fingerprint density at radius 3 is 2.76 bits per heavy atom. The van der Waals surface area contributed by atoms with Gasteiger partial charge in [0.1, 0.15) is 5.75 Å². The van der Waals surface area contributed by atoms with E-state index in [2.05, 4.69) is 11.4 Å². The van der Waals surface area contributed by atoms with Crippen molar-refractivity contribution in [3.63, 3.8) is 0 Å².